The van der Waals surface area contributed by atoms with Crippen molar-refractivity contribution in [3.05, 3.63) is 70.4 Å². The highest BCUT2D eigenvalue weighted by Gasteiger charge is 2.52. The third-order valence-corrected chi connectivity index (χ3v) is 7.90. The van der Waals surface area contributed by atoms with Crippen LogP contribution in [0.25, 0.3) is 0 Å². The van der Waals surface area contributed by atoms with Gasteiger partial charge in [-0.2, -0.15) is 0 Å². The minimum absolute atomic E-state index is 0.141. The molecule has 0 aliphatic carbocycles. The maximum absolute atomic E-state index is 12.7. The zero-order valence-corrected chi connectivity index (χ0v) is 19.6. The minimum Gasteiger partial charge on any atom is -0.338 e. The number of hydrogen-bond donors (Lipinski definition) is 1. The molecule has 2 aliphatic heterocycles. The number of thiazole rings is 1. The second-order valence-electron chi connectivity index (χ2n) is 8.35. The molecule has 7 nitrogen and oxygen atoms in total. The Hall–Kier alpha value is -2.78. The van der Waals surface area contributed by atoms with Gasteiger partial charge in [0.25, 0.3) is 5.91 Å². The summed E-state index contributed by atoms with van der Waals surface area (Å²) in [5.41, 5.74) is 3.03. The zero-order chi connectivity index (χ0) is 22.1. The quantitative estimate of drug-likeness (QED) is 0.630. The van der Waals surface area contributed by atoms with Crippen LogP contribution in [-0.2, 0) is 5.54 Å². The Balaban J connectivity index is 1.47. The summed E-state index contributed by atoms with van der Waals surface area (Å²) in [5.74, 6) is 2.07. The number of anilines is 1. The number of hydrogen-bond acceptors (Lipinski definition) is 8. The van der Waals surface area contributed by atoms with Crippen molar-refractivity contribution in [3.63, 3.8) is 0 Å². The van der Waals surface area contributed by atoms with Gasteiger partial charge in [0.2, 0.25) is 5.95 Å². The number of aliphatic imine (C=N–C) groups is 1. The van der Waals surface area contributed by atoms with Crippen LogP contribution in [0.3, 0.4) is 0 Å². The van der Waals surface area contributed by atoms with E-state index in [1.807, 2.05) is 54.3 Å². The smallest absolute Gasteiger partial charge is 0.257 e. The fraction of sp³-hybridized carbons (Fsp3) is 0.348. The van der Waals surface area contributed by atoms with Crippen LogP contribution in [0.5, 0.6) is 0 Å². The van der Waals surface area contributed by atoms with Crippen LogP contribution in [0, 0.1) is 5.92 Å². The predicted molar refractivity (Wildman–Crippen MR) is 129 cm³/mol. The van der Waals surface area contributed by atoms with Gasteiger partial charge >= 0.3 is 0 Å². The lowest BCUT2D eigenvalue weighted by atomic mass is 9.87. The number of rotatable bonds is 4. The van der Waals surface area contributed by atoms with Crippen molar-refractivity contribution in [2.24, 2.45) is 10.9 Å². The van der Waals surface area contributed by atoms with Gasteiger partial charge in [-0.3, -0.25) is 9.78 Å². The van der Waals surface area contributed by atoms with Crippen LogP contribution in [0.1, 0.15) is 40.7 Å². The minimum atomic E-state index is -0.469. The Kier molecular flexibility index (Phi) is 5.69. The topological polar surface area (TPSA) is 83.4 Å². The van der Waals surface area contributed by atoms with Gasteiger partial charge in [0, 0.05) is 41.9 Å². The van der Waals surface area contributed by atoms with Crippen molar-refractivity contribution in [1.82, 2.24) is 20.3 Å². The summed E-state index contributed by atoms with van der Waals surface area (Å²) in [7, 11) is 0. The molecular formula is C23H24N6OS2. The second kappa shape index (κ2) is 8.63. The molecule has 1 amide bonds. The SMILES string of the molecule is CC(C)c1ccnc(N2CC3CSC(NC(=O)c4ccccc4)=NC3(c3cncs3)C2)n1. The largest absolute Gasteiger partial charge is 0.338 e. The van der Waals surface area contributed by atoms with E-state index < -0.39 is 5.54 Å². The summed E-state index contributed by atoms with van der Waals surface area (Å²) in [5, 5.41) is 3.68. The third kappa shape index (κ3) is 3.91. The molecule has 0 radical (unpaired) electrons. The van der Waals surface area contributed by atoms with Crippen LogP contribution >= 0.6 is 23.1 Å². The van der Waals surface area contributed by atoms with E-state index in [1.165, 1.54) is 0 Å². The number of nitrogens with zero attached hydrogens (tertiary/aromatic N) is 5. The maximum Gasteiger partial charge on any atom is 0.257 e. The average Bonchev–Trinajstić information content (AvgIpc) is 3.48. The van der Waals surface area contributed by atoms with Gasteiger partial charge in [-0.25, -0.2) is 15.0 Å². The molecule has 5 rings (SSSR count). The third-order valence-electron chi connectivity index (χ3n) is 5.92. The molecule has 0 bridgehead atoms. The fourth-order valence-corrected chi connectivity index (χ4v) is 6.16. The molecule has 0 saturated carbocycles. The first-order valence-electron chi connectivity index (χ1n) is 10.6. The molecule has 3 aromatic rings. The molecule has 4 heterocycles. The van der Waals surface area contributed by atoms with Gasteiger partial charge in [0.05, 0.1) is 16.9 Å². The van der Waals surface area contributed by atoms with Crippen molar-refractivity contribution >= 4 is 40.1 Å². The molecule has 32 heavy (non-hydrogen) atoms. The lowest BCUT2D eigenvalue weighted by Gasteiger charge is -2.33. The van der Waals surface area contributed by atoms with Gasteiger partial charge in [-0.05, 0) is 24.1 Å². The number of amidine groups is 1. The van der Waals surface area contributed by atoms with Gasteiger partial charge in [0.1, 0.15) is 5.54 Å². The highest BCUT2D eigenvalue weighted by Crippen LogP contribution is 2.47. The molecular weight excluding hydrogens is 440 g/mol. The van der Waals surface area contributed by atoms with Crippen molar-refractivity contribution in [2.45, 2.75) is 25.3 Å². The number of fused-ring (bicyclic) bond motifs is 1. The molecule has 2 unspecified atom stereocenters. The predicted octanol–water partition coefficient (Wildman–Crippen LogP) is 3.92. The van der Waals surface area contributed by atoms with E-state index in [1.54, 1.807) is 23.1 Å². The van der Waals surface area contributed by atoms with Crippen molar-refractivity contribution in [2.75, 3.05) is 23.7 Å². The first kappa shape index (κ1) is 21.1. The van der Waals surface area contributed by atoms with E-state index in [0.29, 0.717) is 23.2 Å². The number of benzene rings is 1. The molecule has 1 N–H and O–H groups in total. The van der Waals surface area contributed by atoms with Crippen molar-refractivity contribution < 1.29 is 4.79 Å². The Labute approximate surface area is 195 Å². The number of carbonyl (C=O) groups is 1. The summed E-state index contributed by atoms with van der Waals surface area (Å²) < 4.78 is 0. The van der Waals surface area contributed by atoms with Crippen LogP contribution in [-0.4, -0.2) is 44.9 Å². The van der Waals surface area contributed by atoms with Crippen molar-refractivity contribution in [3.8, 4) is 0 Å². The zero-order valence-electron chi connectivity index (χ0n) is 17.9. The summed E-state index contributed by atoms with van der Waals surface area (Å²) >= 11 is 3.21. The normalized spacial score (nSPS) is 22.5. The molecule has 1 fully saturated rings. The molecule has 0 spiro atoms. The van der Waals surface area contributed by atoms with E-state index in [9.17, 15) is 4.79 Å². The molecule has 1 saturated heterocycles. The molecule has 9 heteroatoms. The lowest BCUT2D eigenvalue weighted by Crippen LogP contribution is -2.42. The standard InChI is InChI=1S/C23H24N6OS2/c1-15(2)18-8-9-25-21(26-18)29-11-17-12-31-22(27-20(30)16-6-4-3-5-7-16)28-23(17,13-29)19-10-24-14-32-19/h3-10,14-15,17H,11-13H2,1-2H3,(H,27,28,30). The summed E-state index contributed by atoms with van der Waals surface area (Å²) in [6.07, 6.45) is 3.74. The first-order chi connectivity index (χ1) is 15.5. The lowest BCUT2D eigenvalue weighted by molar-refractivity contribution is 0.0977. The second-order valence-corrected chi connectivity index (χ2v) is 10.2. The number of amides is 1. The molecule has 164 valence electrons. The number of thioether (sulfide) groups is 1. The fourth-order valence-electron chi connectivity index (χ4n) is 4.19. The van der Waals surface area contributed by atoms with Crippen molar-refractivity contribution in [1.29, 1.82) is 0 Å². The summed E-state index contributed by atoms with van der Waals surface area (Å²) in [6, 6.07) is 11.2. The number of carbonyl (C=O) groups excluding carboxylic acids is 1. The number of nitrogens with one attached hydrogen (secondary N) is 1. The molecule has 2 atom stereocenters. The molecule has 2 aliphatic rings. The Morgan fingerprint density at radius 3 is 2.84 bits per heavy atom. The van der Waals surface area contributed by atoms with Gasteiger partial charge < -0.3 is 10.2 Å². The Morgan fingerprint density at radius 1 is 1.25 bits per heavy atom. The maximum atomic E-state index is 12.7. The van der Waals surface area contributed by atoms with Gasteiger partial charge in [-0.1, -0.05) is 43.8 Å². The first-order valence-corrected chi connectivity index (χ1v) is 12.5. The average molecular weight is 465 g/mol. The van der Waals surface area contributed by atoms with Gasteiger partial charge in [0.15, 0.2) is 5.17 Å². The number of aromatic nitrogens is 3. The van der Waals surface area contributed by atoms with E-state index in [0.717, 1.165) is 28.8 Å². The molecule has 1 aromatic carbocycles. The van der Waals surface area contributed by atoms with Crippen LogP contribution in [0.4, 0.5) is 5.95 Å². The van der Waals surface area contributed by atoms with Crippen LogP contribution < -0.4 is 10.2 Å². The summed E-state index contributed by atoms with van der Waals surface area (Å²) in [4.78, 5) is 34.9. The van der Waals surface area contributed by atoms with Crippen LogP contribution in [0.2, 0.25) is 0 Å². The van der Waals surface area contributed by atoms with E-state index in [2.05, 4.69) is 34.0 Å². The highest BCUT2D eigenvalue weighted by molar-refractivity contribution is 8.13. The Morgan fingerprint density at radius 2 is 2.09 bits per heavy atom. The van der Waals surface area contributed by atoms with E-state index in [4.69, 9.17) is 9.98 Å². The molecule has 2 aromatic heterocycles. The Bertz CT molecular complexity index is 1130. The summed E-state index contributed by atoms with van der Waals surface area (Å²) in [6.45, 7) is 5.75. The monoisotopic (exact) mass is 464 g/mol. The van der Waals surface area contributed by atoms with Gasteiger partial charge in [-0.15, -0.1) is 11.3 Å². The van der Waals surface area contributed by atoms with E-state index in [-0.39, 0.29) is 11.8 Å². The van der Waals surface area contributed by atoms with E-state index >= 15 is 0 Å². The highest BCUT2D eigenvalue weighted by atomic mass is 32.2. The van der Waals surface area contributed by atoms with Crippen LogP contribution in [0.15, 0.2) is 59.3 Å².